The summed E-state index contributed by atoms with van der Waals surface area (Å²) in [5.41, 5.74) is 2.10. The summed E-state index contributed by atoms with van der Waals surface area (Å²) < 4.78 is 24.0. The predicted octanol–water partition coefficient (Wildman–Crippen LogP) is 5.63. The van der Waals surface area contributed by atoms with Crippen molar-refractivity contribution in [3.05, 3.63) is 77.3 Å². The van der Waals surface area contributed by atoms with Crippen LogP contribution in [0.4, 0.5) is 10.1 Å². The molecule has 0 saturated carbocycles. The van der Waals surface area contributed by atoms with Crippen LogP contribution in [-0.4, -0.2) is 25.0 Å². The minimum absolute atomic E-state index is 0.229. The van der Waals surface area contributed by atoms with Crippen LogP contribution >= 0.6 is 0 Å². The van der Waals surface area contributed by atoms with Gasteiger partial charge in [-0.3, -0.25) is 4.79 Å². The molecule has 1 heterocycles. The van der Waals surface area contributed by atoms with Crippen molar-refractivity contribution in [1.82, 2.24) is 0 Å². The SMILES string of the molecule is CCCN(C(=O)c1cc(-c2ccc(F)cc2)oc1C)c1cccc(C(=O)OCC)c1. The second-order valence-corrected chi connectivity index (χ2v) is 6.81. The molecule has 0 aliphatic carbocycles. The van der Waals surface area contributed by atoms with Gasteiger partial charge in [0.25, 0.3) is 5.91 Å². The summed E-state index contributed by atoms with van der Waals surface area (Å²) in [6.45, 7) is 6.19. The van der Waals surface area contributed by atoms with E-state index in [1.165, 1.54) is 12.1 Å². The Labute approximate surface area is 175 Å². The molecular formula is C24H24FNO4. The molecule has 1 aromatic heterocycles. The van der Waals surface area contributed by atoms with Crippen molar-refractivity contribution >= 4 is 17.6 Å². The van der Waals surface area contributed by atoms with Crippen molar-refractivity contribution in [1.29, 1.82) is 0 Å². The molecule has 5 nitrogen and oxygen atoms in total. The molecule has 0 aliphatic heterocycles. The highest BCUT2D eigenvalue weighted by Gasteiger charge is 2.23. The lowest BCUT2D eigenvalue weighted by Gasteiger charge is -2.22. The van der Waals surface area contributed by atoms with Crippen LogP contribution < -0.4 is 4.90 Å². The van der Waals surface area contributed by atoms with Gasteiger partial charge in [0.05, 0.1) is 17.7 Å². The maximum absolute atomic E-state index is 13.4. The van der Waals surface area contributed by atoms with Crippen LogP contribution in [0.25, 0.3) is 11.3 Å². The molecule has 0 aliphatic rings. The molecule has 0 unspecified atom stereocenters. The van der Waals surface area contributed by atoms with Gasteiger partial charge in [0.2, 0.25) is 0 Å². The summed E-state index contributed by atoms with van der Waals surface area (Å²) in [5.74, 6) is -0.0303. The van der Waals surface area contributed by atoms with Crippen LogP contribution in [0.3, 0.4) is 0 Å². The standard InChI is InChI=1S/C24H24FNO4/c1-4-13-26(20-8-6-7-18(14-20)24(28)29-5-2)23(27)21-15-22(30-16(21)3)17-9-11-19(25)12-10-17/h6-12,14-15H,4-5,13H2,1-3H3. The summed E-state index contributed by atoms with van der Waals surface area (Å²) in [6.07, 6.45) is 0.733. The van der Waals surface area contributed by atoms with E-state index in [1.54, 1.807) is 61.2 Å². The quantitative estimate of drug-likeness (QED) is 0.475. The molecule has 156 valence electrons. The summed E-state index contributed by atoms with van der Waals surface area (Å²) >= 11 is 0. The number of hydrogen-bond donors (Lipinski definition) is 0. The first kappa shape index (κ1) is 21.3. The van der Waals surface area contributed by atoms with E-state index < -0.39 is 5.97 Å². The Kier molecular flexibility index (Phi) is 6.67. The lowest BCUT2D eigenvalue weighted by atomic mass is 10.1. The number of halogens is 1. The average molecular weight is 409 g/mol. The molecule has 30 heavy (non-hydrogen) atoms. The van der Waals surface area contributed by atoms with Crippen LogP contribution in [0.5, 0.6) is 0 Å². The Bertz CT molecular complexity index is 1040. The topological polar surface area (TPSA) is 59.8 Å². The molecule has 0 atom stereocenters. The van der Waals surface area contributed by atoms with E-state index >= 15 is 0 Å². The first-order valence-corrected chi connectivity index (χ1v) is 9.90. The van der Waals surface area contributed by atoms with E-state index in [1.807, 2.05) is 6.92 Å². The van der Waals surface area contributed by atoms with E-state index in [0.29, 0.717) is 40.4 Å². The van der Waals surface area contributed by atoms with Gasteiger partial charge in [-0.05, 0) is 68.8 Å². The fourth-order valence-corrected chi connectivity index (χ4v) is 3.18. The third kappa shape index (κ3) is 4.59. The van der Waals surface area contributed by atoms with Gasteiger partial charge in [-0.25, -0.2) is 9.18 Å². The molecule has 0 bridgehead atoms. The van der Waals surface area contributed by atoms with E-state index in [0.717, 1.165) is 6.42 Å². The van der Waals surface area contributed by atoms with Crippen LogP contribution in [-0.2, 0) is 4.74 Å². The molecule has 0 spiro atoms. The highest BCUT2D eigenvalue weighted by molar-refractivity contribution is 6.07. The van der Waals surface area contributed by atoms with Gasteiger partial charge < -0.3 is 14.1 Å². The van der Waals surface area contributed by atoms with Crippen molar-refractivity contribution in [3.63, 3.8) is 0 Å². The van der Waals surface area contributed by atoms with Gasteiger partial charge in [-0.15, -0.1) is 0 Å². The zero-order valence-corrected chi connectivity index (χ0v) is 17.3. The molecule has 1 amide bonds. The maximum atomic E-state index is 13.4. The first-order valence-electron chi connectivity index (χ1n) is 9.90. The fraction of sp³-hybridized carbons (Fsp3) is 0.250. The van der Waals surface area contributed by atoms with Gasteiger partial charge in [-0.2, -0.15) is 0 Å². The van der Waals surface area contributed by atoms with Gasteiger partial charge in [0, 0.05) is 17.8 Å². The van der Waals surface area contributed by atoms with Gasteiger partial charge in [0.15, 0.2) is 0 Å². The number of esters is 1. The summed E-state index contributed by atoms with van der Waals surface area (Å²) in [5, 5.41) is 0. The summed E-state index contributed by atoms with van der Waals surface area (Å²) in [6, 6.07) is 14.4. The second-order valence-electron chi connectivity index (χ2n) is 6.81. The minimum atomic E-state index is -0.429. The fourth-order valence-electron chi connectivity index (χ4n) is 3.18. The van der Waals surface area contributed by atoms with Crippen molar-refractivity contribution < 1.29 is 23.1 Å². The van der Waals surface area contributed by atoms with Crippen molar-refractivity contribution in [3.8, 4) is 11.3 Å². The maximum Gasteiger partial charge on any atom is 0.338 e. The molecule has 2 aromatic carbocycles. The Morgan fingerprint density at radius 2 is 1.80 bits per heavy atom. The number of ether oxygens (including phenoxy) is 1. The van der Waals surface area contributed by atoms with Gasteiger partial charge in [-0.1, -0.05) is 13.0 Å². The first-order chi connectivity index (χ1) is 14.4. The number of amides is 1. The number of carbonyl (C=O) groups excluding carboxylic acids is 2. The van der Waals surface area contributed by atoms with Crippen LogP contribution in [0.15, 0.2) is 59.0 Å². The van der Waals surface area contributed by atoms with E-state index in [-0.39, 0.29) is 18.3 Å². The predicted molar refractivity (Wildman–Crippen MR) is 113 cm³/mol. The Hall–Kier alpha value is -3.41. The molecule has 0 fully saturated rings. The zero-order valence-electron chi connectivity index (χ0n) is 17.3. The minimum Gasteiger partial charge on any atom is -0.462 e. The number of benzene rings is 2. The average Bonchev–Trinajstić information content (AvgIpc) is 3.14. The summed E-state index contributed by atoms with van der Waals surface area (Å²) in [4.78, 5) is 27.1. The third-order valence-corrected chi connectivity index (χ3v) is 4.64. The number of rotatable bonds is 7. The third-order valence-electron chi connectivity index (χ3n) is 4.64. The van der Waals surface area contributed by atoms with Crippen molar-refractivity contribution in [2.45, 2.75) is 27.2 Å². The van der Waals surface area contributed by atoms with Gasteiger partial charge >= 0.3 is 5.97 Å². The largest absolute Gasteiger partial charge is 0.462 e. The Morgan fingerprint density at radius 1 is 1.07 bits per heavy atom. The molecule has 3 rings (SSSR count). The number of nitrogens with zero attached hydrogens (tertiary/aromatic N) is 1. The van der Waals surface area contributed by atoms with E-state index in [2.05, 4.69) is 0 Å². The second kappa shape index (κ2) is 9.39. The molecular weight excluding hydrogens is 385 g/mol. The van der Waals surface area contributed by atoms with Crippen LogP contribution in [0.2, 0.25) is 0 Å². The van der Waals surface area contributed by atoms with E-state index in [4.69, 9.17) is 9.15 Å². The smallest absolute Gasteiger partial charge is 0.338 e. The van der Waals surface area contributed by atoms with E-state index in [9.17, 15) is 14.0 Å². The summed E-state index contributed by atoms with van der Waals surface area (Å²) in [7, 11) is 0. The van der Waals surface area contributed by atoms with Crippen molar-refractivity contribution in [2.24, 2.45) is 0 Å². The van der Waals surface area contributed by atoms with Gasteiger partial charge in [0.1, 0.15) is 17.3 Å². The lowest BCUT2D eigenvalue weighted by molar-refractivity contribution is 0.0526. The Morgan fingerprint density at radius 3 is 2.47 bits per heavy atom. The lowest BCUT2D eigenvalue weighted by Crippen LogP contribution is -2.32. The molecule has 0 N–H and O–H groups in total. The molecule has 0 radical (unpaired) electrons. The number of aryl methyl sites for hydroxylation is 1. The van der Waals surface area contributed by atoms with Crippen molar-refractivity contribution in [2.75, 3.05) is 18.1 Å². The van der Waals surface area contributed by atoms with Crippen LogP contribution in [0, 0.1) is 12.7 Å². The number of anilines is 1. The highest BCUT2D eigenvalue weighted by atomic mass is 19.1. The normalized spacial score (nSPS) is 10.7. The number of hydrogen-bond acceptors (Lipinski definition) is 4. The Balaban J connectivity index is 1.94. The zero-order chi connectivity index (χ0) is 21.7. The molecule has 0 saturated heterocycles. The van der Waals surface area contributed by atoms with Crippen LogP contribution in [0.1, 0.15) is 46.7 Å². The molecule has 3 aromatic rings. The number of carbonyl (C=O) groups is 2. The highest BCUT2D eigenvalue weighted by Crippen LogP contribution is 2.28. The number of furan rings is 1. The monoisotopic (exact) mass is 409 g/mol. The molecule has 6 heteroatoms.